The molecule has 0 spiro atoms. The van der Waals surface area contributed by atoms with Gasteiger partial charge in [-0.1, -0.05) is 24.3 Å². The first-order valence-electron chi connectivity index (χ1n) is 12.2. The van der Waals surface area contributed by atoms with Crippen molar-refractivity contribution in [2.45, 2.75) is 13.0 Å². The van der Waals surface area contributed by atoms with Gasteiger partial charge in [0, 0.05) is 29.9 Å². The quantitative estimate of drug-likeness (QED) is 0.212. The van der Waals surface area contributed by atoms with Gasteiger partial charge in [0.15, 0.2) is 17.3 Å². The average Bonchev–Trinajstić information content (AvgIpc) is 2.97. The number of hydrogen-bond acceptors (Lipinski definition) is 8. The van der Waals surface area contributed by atoms with Gasteiger partial charge in [0.2, 0.25) is 5.75 Å². The molecule has 4 aromatic rings. The molecule has 0 saturated carbocycles. The van der Waals surface area contributed by atoms with Crippen LogP contribution in [0.3, 0.4) is 0 Å². The molecule has 206 valence electrons. The van der Waals surface area contributed by atoms with Crippen LogP contribution in [0.15, 0.2) is 73.1 Å². The van der Waals surface area contributed by atoms with Crippen LogP contribution in [-0.2, 0) is 0 Å². The maximum absolute atomic E-state index is 14.2. The van der Waals surface area contributed by atoms with Gasteiger partial charge in [-0.2, -0.15) is 0 Å². The van der Waals surface area contributed by atoms with Gasteiger partial charge in [-0.15, -0.1) is 0 Å². The minimum Gasteiger partial charge on any atom is -0.493 e. The van der Waals surface area contributed by atoms with E-state index in [9.17, 15) is 14.0 Å². The molecule has 40 heavy (non-hydrogen) atoms. The van der Waals surface area contributed by atoms with Crippen molar-refractivity contribution in [3.8, 4) is 34.1 Å². The van der Waals surface area contributed by atoms with Gasteiger partial charge in [0.25, 0.3) is 5.91 Å². The molecule has 9 nitrogen and oxygen atoms in total. The number of esters is 1. The molecule has 0 bridgehead atoms. The number of amides is 1. The smallest absolute Gasteiger partial charge is 0.343 e. The van der Waals surface area contributed by atoms with Gasteiger partial charge < -0.3 is 30.0 Å². The Kier molecular flexibility index (Phi) is 8.60. The molecule has 0 fully saturated rings. The topological polar surface area (TPSA) is 122 Å². The number of methoxy groups -OCH3 is 3. The lowest BCUT2D eigenvalue weighted by Crippen LogP contribution is -2.16. The second-order valence-corrected chi connectivity index (χ2v) is 8.74. The summed E-state index contributed by atoms with van der Waals surface area (Å²) < 4.78 is 35.8. The average molecular weight is 546 g/mol. The second-order valence-electron chi connectivity index (χ2n) is 8.74. The number of carbonyl (C=O) groups excluding carboxylic acids is 2. The summed E-state index contributed by atoms with van der Waals surface area (Å²) in [5, 5.41) is 2.52. The lowest BCUT2D eigenvalue weighted by molar-refractivity contribution is 0.0734. The lowest BCUT2D eigenvalue weighted by atomic mass is 9.93. The van der Waals surface area contributed by atoms with E-state index >= 15 is 0 Å². The van der Waals surface area contributed by atoms with E-state index in [1.54, 1.807) is 12.1 Å². The number of pyridine rings is 1. The summed E-state index contributed by atoms with van der Waals surface area (Å²) in [5.74, 6) is -1.03. The van der Waals surface area contributed by atoms with Gasteiger partial charge in [0.05, 0.1) is 38.8 Å². The maximum Gasteiger partial charge on any atom is 0.343 e. The Hall–Kier alpha value is -4.96. The molecule has 4 rings (SSSR count). The van der Waals surface area contributed by atoms with Crippen LogP contribution in [0.5, 0.6) is 23.0 Å². The Morgan fingerprint density at radius 1 is 0.925 bits per heavy atom. The highest BCUT2D eigenvalue weighted by molar-refractivity contribution is 6.07. The van der Waals surface area contributed by atoms with Crippen molar-refractivity contribution in [3.05, 3.63) is 95.6 Å². The van der Waals surface area contributed by atoms with Crippen LogP contribution in [0.2, 0.25) is 0 Å². The van der Waals surface area contributed by atoms with Crippen molar-refractivity contribution in [1.82, 2.24) is 4.98 Å². The molecule has 0 aliphatic heterocycles. The van der Waals surface area contributed by atoms with Gasteiger partial charge in [-0.05, 0) is 47.9 Å². The number of benzene rings is 3. The zero-order valence-corrected chi connectivity index (χ0v) is 22.4. The number of nitrogens with one attached hydrogen (secondary N) is 1. The molecular weight excluding hydrogens is 517 g/mol. The number of carbonyl (C=O) groups is 2. The van der Waals surface area contributed by atoms with Crippen molar-refractivity contribution in [2.75, 3.05) is 26.6 Å². The number of nitrogens with zero attached hydrogens (tertiary/aromatic N) is 1. The van der Waals surface area contributed by atoms with Gasteiger partial charge >= 0.3 is 5.97 Å². The van der Waals surface area contributed by atoms with Crippen LogP contribution in [-0.4, -0.2) is 38.2 Å². The number of rotatable bonds is 9. The Bertz CT molecular complexity index is 1530. The minimum absolute atomic E-state index is 0.0528. The Labute approximate surface area is 230 Å². The predicted molar refractivity (Wildman–Crippen MR) is 148 cm³/mol. The maximum atomic E-state index is 14.2. The zero-order chi connectivity index (χ0) is 28.8. The van der Waals surface area contributed by atoms with E-state index < -0.39 is 17.7 Å². The van der Waals surface area contributed by atoms with E-state index in [0.29, 0.717) is 22.8 Å². The number of aromatic nitrogens is 1. The fourth-order valence-electron chi connectivity index (χ4n) is 4.14. The fourth-order valence-corrected chi connectivity index (χ4v) is 4.14. The molecule has 1 aromatic heterocycles. The van der Waals surface area contributed by atoms with Crippen molar-refractivity contribution >= 4 is 17.6 Å². The molecule has 1 amide bonds. The number of hydrogen-bond donors (Lipinski definition) is 2. The van der Waals surface area contributed by atoms with Crippen LogP contribution in [0.1, 0.15) is 39.2 Å². The number of halogens is 1. The van der Waals surface area contributed by atoms with Crippen molar-refractivity contribution in [1.29, 1.82) is 0 Å². The number of nitrogens with two attached hydrogens (primary N) is 1. The third-order valence-electron chi connectivity index (χ3n) is 6.06. The third kappa shape index (κ3) is 6.02. The molecule has 0 aliphatic rings. The van der Waals surface area contributed by atoms with E-state index in [0.717, 1.165) is 17.3 Å². The summed E-state index contributed by atoms with van der Waals surface area (Å²) >= 11 is 0. The van der Waals surface area contributed by atoms with Crippen molar-refractivity contribution in [3.63, 3.8) is 0 Å². The van der Waals surface area contributed by atoms with E-state index in [1.807, 2.05) is 31.2 Å². The molecule has 1 unspecified atom stereocenters. The van der Waals surface area contributed by atoms with Gasteiger partial charge in [-0.25, -0.2) is 9.18 Å². The van der Waals surface area contributed by atoms with Crippen LogP contribution >= 0.6 is 0 Å². The van der Waals surface area contributed by atoms with E-state index in [1.165, 1.54) is 51.8 Å². The molecular formula is C30H28FN3O6. The molecule has 1 atom stereocenters. The van der Waals surface area contributed by atoms with E-state index in [4.69, 9.17) is 24.7 Å². The highest BCUT2D eigenvalue weighted by atomic mass is 19.1. The van der Waals surface area contributed by atoms with Crippen molar-refractivity contribution < 1.29 is 32.9 Å². The largest absolute Gasteiger partial charge is 0.493 e. The summed E-state index contributed by atoms with van der Waals surface area (Å²) in [6.45, 7) is 1.83. The summed E-state index contributed by atoms with van der Waals surface area (Å²) in [6, 6.07) is 15.9. The lowest BCUT2D eigenvalue weighted by Gasteiger charge is -2.16. The Morgan fingerprint density at radius 3 is 2.23 bits per heavy atom. The first kappa shape index (κ1) is 28.1. The molecule has 3 N–H and O–H groups in total. The Morgan fingerprint density at radius 2 is 1.60 bits per heavy atom. The monoisotopic (exact) mass is 545 g/mol. The Balaban J connectivity index is 1.78. The van der Waals surface area contributed by atoms with E-state index in [-0.39, 0.29) is 28.6 Å². The third-order valence-corrected chi connectivity index (χ3v) is 6.06. The normalized spacial score (nSPS) is 11.3. The highest BCUT2D eigenvalue weighted by Gasteiger charge is 2.20. The van der Waals surface area contributed by atoms with Crippen molar-refractivity contribution in [2.24, 2.45) is 5.73 Å². The van der Waals surface area contributed by atoms with Gasteiger partial charge in [0.1, 0.15) is 5.75 Å². The molecule has 0 saturated heterocycles. The molecule has 3 aromatic carbocycles. The standard InChI is InChI=1S/C30H28FN3O6/c1-17(32)22-7-5-6-8-23(22)18-11-19(29(35)34-25-9-10-33-16-24(25)31)13-20(12-18)30(36)40-21-14-26(37-2)28(39-4)27(15-21)38-3/h5-17H,32H2,1-4H3,(H,33,34,35). The molecule has 0 radical (unpaired) electrons. The predicted octanol–water partition coefficient (Wildman–Crippen LogP) is 5.40. The fraction of sp³-hybridized carbons (Fsp3) is 0.167. The molecule has 0 aliphatic carbocycles. The summed E-state index contributed by atoms with van der Waals surface area (Å²) in [7, 11) is 4.35. The van der Waals surface area contributed by atoms with Gasteiger partial charge in [-0.3, -0.25) is 9.78 Å². The summed E-state index contributed by atoms with van der Waals surface area (Å²) in [4.78, 5) is 30.3. The zero-order valence-electron chi connectivity index (χ0n) is 22.4. The first-order valence-corrected chi connectivity index (χ1v) is 12.2. The minimum atomic E-state index is -0.751. The number of ether oxygens (including phenoxy) is 4. The van der Waals surface area contributed by atoms with Crippen LogP contribution in [0.4, 0.5) is 10.1 Å². The molecule has 1 heterocycles. The summed E-state index contributed by atoms with van der Waals surface area (Å²) in [5.41, 5.74) is 8.40. The van der Waals surface area contributed by atoms with Crippen LogP contribution in [0, 0.1) is 5.82 Å². The summed E-state index contributed by atoms with van der Waals surface area (Å²) in [6.07, 6.45) is 2.35. The van der Waals surface area contributed by atoms with E-state index in [2.05, 4.69) is 10.3 Å². The highest BCUT2D eigenvalue weighted by Crippen LogP contribution is 2.41. The van der Waals surface area contributed by atoms with Crippen LogP contribution < -0.4 is 30.0 Å². The SMILES string of the molecule is COc1cc(OC(=O)c2cc(C(=O)Nc3ccncc3F)cc(-c3ccccc3C(C)N)c2)cc(OC)c1OC. The van der Waals surface area contributed by atoms with Crippen LogP contribution in [0.25, 0.3) is 11.1 Å². The number of anilines is 1. The molecule has 10 heteroatoms. The second kappa shape index (κ2) is 12.3. The first-order chi connectivity index (χ1) is 19.2.